The fourth-order valence-corrected chi connectivity index (χ4v) is 3.95. The molecule has 1 atom stereocenters. The zero-order chi connectivity index (χ0) is 24.1. The number of carboxylic acid groups (broad SMARTS) is 1. The van der Waals surface area contributed by atoms with Gasteiger partial charge in [0.2, 0.25) is 0 Å². The van der Waals surface area contributed by atoms with Crippen molar-refractivity contribution in [3.63, 3.8) is 0 Å². The van der Waals surface area contributed by atoms with Crippen molar-refractivity contribution in [1.29, 1.82) is 0 Å². The van der Waals surface area contributed by atoms with Crippen LogP contribution in [0, 0.1) is 0 Å². The average Bonchev–Trinajstić information content (AvgIpc) is 3.44. The summed E-state index contributed by atoms with van der Waals surface area (Å²) in [7, 11) is 1.32. The molecule has 1 aliphatic carbocycles. The molecule has 0 fully saturated rings. The lowest BCUT2D eigenvalue weighted by Gasteiger charge is -2.14. The van der Waals surface area contributed by atoms with Gasteiger partial charge in [0.05, 0.1) is 13.2 Å². The van der Waals surface area contributed by atoms with Gasteiger partial charge in [-0.05, 0) is 22.3 Å². The zero-order valence-corrected chi connectivity index (χ0v) is 18.3. The Kier molecular flexibility index (Phi) is 6.88. The van der Waals surface area contributed by atoms with E-state index in [2.05, 4.69) is 15.6 Å². The highest BCUT2D eigenvalue weighted by Gasteiger charge is 2.29. The largest absolute Gasteiger partial charge is 0.480 e. The van der Waals surface area contributed by atoms with Gasteiger partial charge in [0.15, 0.2) is 23.9 Å². The molecule has 0 radical (unpaired) electrons. The molecule has 4 rings (SSSR count). The number of hydrogen-bond acceptors (Lipinski definition) is 7. The molecule has 0 aliphatic heterocycles. The number of rotatable bonds is 9. The van der Waals surface area contributed by atoms with Gasteiger partial charge in [-0.1, -0.05) is 48.5 Å². The van der Waals surface area contributed by atoms with E-state index in [0.717, 1.165) is 28.6 Å². The molecule has 0 bridgehead atoms. The predicted molar refractivity (Wildman–Crippen MR) is 119 cm³/mol. The first-order chi connectivity index (χ1) is 16.5. The minimum absolute atomic E-state index is 0.0626. The quantitative estimate of drug-likeness (QED) is 0.438. The number of carbonyl (C=O) groups excluding carboxylic acids is 2. The van der Waals surface area contributed by atoms with Crippen LogP contribution < -0.4 is 10.6 Å². The van der Waals surface area contributed by atoms with Gasteiger partial charge in [-0.15, -0.1) is 0 Å². The van der Waals surface area contributed by atoms with Crippen LogP contribution in [0.3, 0.4) is 0 Å². The summed E-state index contributed by atoms with van der Waals surface area (Å²) in [6.07, 6.45) is 0.350. The van der Waals surface area contributed by atoms with E-state index in [4.69, 9.17) is 19.0 Å². The van der Waals surface area contributed by atoms with E-state index in [0.29, 0.717) is 0 Å². The molecule has 1 aliphatic rings. The maximum absolute atomic E-state index is 12.4. The number of oxazole rings is 1. The van der Waals surface area contributed by atoms with Crippen molar-refractivity contribution in [3.8, 4) is 11.1 Å². The fourth-order valence-electron chi connectivity index (χ4n) is 3.95. The van der Waals surface area contributed by atoms with Crippen LogP contribution in [-0.4, -0.2) is 54.4 Å². The number of alkyl carbamates (subject to hydrolysis) is 1. The number of ether oxygens (including phenoxy) is 2. The van der Waals surface area contributed by atoms with Gasteiger partial charge in [0, 0.05) is 13.0 Å². The normalized spacial score (nSPS) is 13.0. The number of fused-ring (bicyclic) bond motifs is 3. The van der Waals surface area contributed by atoms with Gasteiger partial charge >= 0.3 is 12.1 Å². The summed E-state index contributed by atoms with van der Waals surface area (Å²) in [5, 5.41) is 14.0. The van der Waals surface area contributed by atoms with Crippen LogP contribution in [0.1, 0.15) is 33.3 Å². The van der Waals surface area contributed by atoms with Gasteiger partial charge in [0.1, 0.15) is 6.61 Å². The molecule has 3 aromatic rings. The van der Waals surface area contributed by atoms with Gasteiger partial charge in [-0.3, -0.25) is 4.79 Å². The van der Waals surface area contributed by atoms with Crippen molar-refractivity contribution in [2.75, 3.05) is 20.3 Å². The van der Waals surface area contributed by atoms with Gasteiger partial charge in [0.25, 0.3) is 5.91 Å². The summed E-state index contributed by atoms with van der Waals surface area (Å²) in [6.45, 7) is -0.241. The van der Waals surface area contributed by atoms with E-state index in [1.807, 2.05) is 48.5 Å². The van der Waals surface area contributed by atoms with Crippen molar-refractivity contribution in [2.24, 2.45) is 0 Å². The molecular formula is C24H23N3O7. The third-order valence-electron chi connectivity index (χ3n) is 5.53. The highest BCUT2D eigenvalue weighted by molar-refractivity contribution is 5.95. The van der Waals surface area contributed by atoms with Crippen LogP contribution in [-0.2, 0) is 20.8 Å². The Labute approximate surface area is 194 Å². The molecule has 1 aromatic heterocycles. The smallest absolute Gasteiger partial charge is 0.407 e. The molecule has 0 saturated heterocycles. The second-order valence-corrected chi connectivity index (χ2v) is 7.62. The molecule has 3 N–H and O–H groups in total. The summed E-state index contributed by atoms with van der Waals surface area (Å²) in [4.78, 5) is 39.8. The van der Waals surface area contributed by atoms with Crippen LogP contribution in [0.25, 0.3) is 11.1 Å². The van der Waals surface area contributed by atoms with Gasteiger partial charge < -0.3 is 29.6 Å². The number of amides is 2. The topological polar surface area (TPSA) is 140 Å². The number of nitrogens with zero attached hydrogens (tertiary/aromatic N) is 1. The molecule has 1 heterocycles. The van der Waals surface area contributed by atoms with Crippen molar-refractivity contribution in [1.82, 2.24) is 15.6 Å². The summed E-state index contributed by atoms with van der Waals surface area (Å²) < 4.78 is 15.4. The Bertz CT molecular complexity index is 1160. The average molecular weight is 465 g/mol. The zero-order valence-electron chi connectivity index (χ0n) is 18.3. The second-order valence-electron chi connectivity index (χ2n) is 7.62. The Balaban J connectivity index is 1.35. The molecule has 0 saturated carbocycles. The standard InChI is InChI=1S/C24H23N3O7/c1-32-12-19(23(29)30)27-22(28)21-20(34-13-26-21)10-25-24(31)33-11-18-16-8-4-2-6-14(16)15-7-3-5-9-17(15)18/h2-9,13,18-19H,10-12H2,1H3,(H,25,31)(H,27,28)(H,29,30)/t19-/m0/s1. The van der Waals surface area contributed by atoms with E-state index in [1.165, 1.54) is 7.11 Å². The first-order valence-electron chi connectivity index (χ1n) is 10.5. The maximum Gasteiger partial charge on any atom is 0.407 e. The lowest BCUT2D eigenvalue weighted by Crippen LogP contribution is -2.44. The third-order valence-corrected chi connectivity index (χ3v) is 5.53. The number of nitrogens with one attached hydrogen (secondary N) is 2. The van der Waals surface area contributed by atoms with Crippen LogP contribution in [0.2, 0.25) is 0 Å². The van der Waals surface area contributed by atoms with E-state index < -0.39 is 24.0 Å². The summed E-state index contributed by atoms with van der Waals surface area (Å²) in [5.74, 6) is -2.04. The highest BCUT2D eigenvalue weighted by atomic mass is 16.5. The highest BCUT2D eigenvalue weighted by Crippen LogP contribution is 2.44. The summed E-state index contributed by atoms with van der Waals surface area (Å²) >= 11 is 0. The van der Waals surface area contributed by atoms with Crippen LogP contribution in [0.5, 0.6) is 0 Å². The van der Waals surface area contributed by atoms with E-state index >= 15 is 0 Å². The Morgan fingerprint density at radius 2 is 1.74 bits per heavy atom. The van der Waals surface area contributed by atoms with Gasteiger partial charge in [-0.2, -0.15) is 0 Å². The molecule has 34 heavy (non-hydrogen) atoms. The number of carbonyl (C=O) groups is 3. The third kappa shape index (κ3) is 4.76. The minimum atomic E-state index is -1.25. The van der Waals surface area contributed by atoms with Crippen molar-refractivity contribution in [2.45, 2.75) is 18.5 Å². The number of aliphatic carboxylic acids is 1. The Morgan fingerprint density at radius 3 is 2.35 bits per heavy atom. The first kappa shape index (κ1) is 23.0. The Hall–Kier alpha value is -4.18. The fraction of sp³-hybridized carbons (Fsp3) is 0.250. The number of benzene rings is 2. The lowest BCUT2D eigenvalue weighted by atomic mass is 9.98. The van der Waals surface area contributed by atoms with Crippen LogP contribution in [0.4, 0.5) is 4.79 Å². The number of aromatic nitrogens is 1. The molecule has 0 spiro atoms. The molecule has 2 aromatic carbocycles. The van der Waals surface area contributed by atoms with Crippen molar-refractivity contribution in [3.05, 3.63) is 77.5 Å². The van der Waals surface area contributed by atoms with Crippen LogP contribution in [0.15, 0.2) is 59.3 Å². The molecule has 10 nitrogen and oxygen atoms in total. The minimum Gasteiger partial charge on any atom is -0.480 e. The number of hydrogen-bond donors (Lipinski definition) is 3. The maximum atomic E-state index is 12.4. The van der Waals surface area contributed by atoms with Crippen molar-refractivity contribution < 1.29 is 33.4 Å². The number of carboxylic acids is 1. The first-order valence-corrected chi connectivity index (χ1v) is 10.5. The second kappa shape index (κ2) is 10.2. The SMILES string of the molecule is COC[C@H](NC(=O)c1ncoc1CNC(=O)OCC1c2ccccc2-c2ccccc21)C(=O)O. The monoisotopic (exact) mass is 465 g/mol. The Morgan fingerprint density at radius 1 is 1.09 bits per heavy atom. The molecule has 176 valence electrons. The lowest BCUT2D eigenvalue weighted by molar-refractivity contribution is -0.140. The molecule has 10 heteroatoms. The summed E-state index contributed by atoms with van der Waals surface area (Å²) in [6, 6.07) is 14.8. The molecule has 2 amide bonds. The van der Waals surface area contributed by atoms with Gasteiger partial charge in [-0.25, -0.2) is 14.6 Å². The molecular weight excluding hydrogens is 442 g/mol. The summed E-state index contributed by atoms with van der Waals surface area (Å²) in [5.41, 5.74) is 4.29. The van der Waals surface area contributed by atoms with Crippen molar-refractivity contribution >= 4 is 18.0 Å². The van der Waals surface area contributed by atoms with E-state index in [1.54, 1.807) is 0 Å². The van der Waals surface area contributed by atoms with E-state index in [9.17, 15) is 14.4 Å². The number of methoxy groups -OCH3 is 1. The predicted octanol–water partition coefficient (Wildman–Crippen LogP) is 2.54. The van der Waals surface area contributed by atoms with E-state index in [-0.39, 0.29) is 37.1 Å². The van der Waals surface area contributed by atoms with Crippen LogP contribution >= 0.6 is 0 Å². The molecule has 0 unspecified atom stereocenters.